The molecule has 0 saturated heterocycles. The minimum atomic E-state index is -0.451. The van der Waals surface area contributed by atoms with Crippen molar-refractivity contribution in [2.24, 2.45) is 0 Å². The van der Waals surface area contributed by atoms with Crippen LogP contribution in [0.25, 0.3) is 11.6 Å². The van der Waals surface area contributed by atoms with Crippen LogP contribution in [0.15, 0.2) is 36.4 Å². The van der Waals surface area contributed by atoms with E-state index in [9.17, 15) is 9.65 Å². The Balaban J connectivity index is 2.49. The van der Waals surface area contributed by atoms with Gasteiger partial charge in [0.25, 0.3) is 0 Å². The van der Waals surface area contributed by atoms with E-state index in [0.29, 0.717) is 28.7 Å². The number of benzene rings is 2. The quantitative estimate of drug-likeness (QED) is 0.433. The maximum atomic E-state index is 14.0. The van der Waals surface area contributed by atoms with E-state index in [2.05, 4.69) is 0 Å². The van der Waals surface area contributed by atoms with Crippen molar-refractivity contribution in [2.45, 2.75) is 33.3 Å². The van der Waals surface area contributed by atoms with Gasteiger partial charge in [0.2, 0.25) is 0 Å². The van der Waals surface area contributed by atoms with Gasteiger partial charge in [-0.1, -0.05) is 36.7 Å². The maximum absolute atomic E-state index is 14.0. The van der Waals surface area contributed by atoms with Crippen LogP contribution < -0.4 is 9.47 Å². The third-order valence-electron chi connectivity index (χ3n) is 3.82. The summed E-state index contributed by atoms with van der Waals surface area (Å²) in [4.78, 5) is 0. The van der Waals surface area contributed by atoms with E-state index in [-0.39, 0.29) is 17.2 Å². The third kappa shape index (κ3) is 4.77. The molecule has 0 aromatic heterocycles. The van der Waals surface area contributed by atoms with E-state index in [1.807, 2.05) is 26.8 Å². The van der Waals surface area contributed by atoms with Crippen molar-refractivity contribution in [3.63, 3.8) is 0 Å². The standard InChI is InChI=1S/C21H21ClFNO2/c1-4-14(3)26-21-18(22)11-15(12-20(21)25-5-2)10-16(13-24)17-8-6-7-9-19(17)23/h6-12,14H,4-5H2,1-3H3/b16-10-/t14-/m1/s1. The van der Waals surface area contributed by atoms with Gasteiger partial charge in [-0.15, -0.1) is 0 Å². The average Bonchev–Trinajstić information content (AvgIpc) is 2.63. The lowest BCUT2D eigenvalue weighted by Gasteiger charge is -2.18. The first-order valence-corrected chi connectivity index (χ1v) is 8.87. The summed E-state index contributed by atoms with van der Waals surface area (Å²) < 4.78 is 25.5. The molecular weight excluding hydrogens is 353 g/mol. The fourth-order valence-electron chi connectivity index (χ4n) is 2.35. The van der Waals surface area contributed by atoms with Gasteiger partial charge in [-0.3, -0.25) is 0 Å². The molecule has 0 fully saturated rings. The van der Waals surface area contributed by atoms with Gasteiger partial charge < -0.3 is 9.47 Å². The number of allylic oxidation sites excluding steroid dienone is 1. The third-order valence-corrected chi connectivity index (χ3v) is 4.10. The minimum absolute atomic E-state index is 0.0128. The van der Waals surface area contributed by atoms with Gasteiger partial charge in [-0.25, -0.2) is 4.39 Å². The summed E-state index contributed by atoms with van der Waals surface area (Å²) in [6.45, 7) is 6.28. The molecule has 2 aromatic carbocycles. The van der Waals surface area contributed by atoms with Gasteiger partial charge in [-0.2, -0.15) is 5.26 Å². The second kappa shape index (κ2) is 9.26. The monoisotopic (exact) mass is 373 g/mol. The number of nitrogens with zero attached hydrogens (tertiary/aromatic N) is 1. The number of rotatable bonds is 7. The lowest BCUT2D eigenvalue weighted by Crippen LogP contribution is -2.11. The summed E-state index contributed by atoms with van der Waals surface area (Å²) in [6, 6.07) is 11.6. The van der Waals surface area contributed by atoms with E-state index >= 15 is 0 Å². The zero-order chi connectivity index (χ0) is 19.1. The molecular formula is C21H21ClFNO2. The van der Waals surface area contributed by atoms with Crippen LogP contribution in [0.3, 0.4) is 0 Å². The maximum Gasteiger partial charge on any atom is 0.180 e. The molecule has 0 bridgehead atoms. The van der Waals surface area contributed by atoms with Crippen LogP contribution in [0.4, 0.5) is 4.39 Å². The fourth-order valence-corrected chi connectivity index (χ4v) is 2.61. The lowest BCUT2D eigenvalue weighted by atomic mass is 10.0. The number of ether oxygens (including phenoxy) is 2. The normalized spacial score (nSPS) is 12.4. The summed E-state index contributed by atoms with van der Waals surface area (Å²) in [7, 11) is 0. The van der Waals surface area contributed by atoms with Crippen molar-refractivity contribution in [1.82, 2.24) is 0 Å². The Hall–Kier alpha value is -2.51. The van der Waals surface area contributed by atoms with E-state index < -0.39 is 5.82 Å². The Morgan fingerprint density at radius 1 is 1.31 bits per heavy atom. The first-order valence-electron chi connectivity index (χ1n) is 8.49. The predicted molar refractivity (Wildman–Crippen MR) is 103 cm³/mol. The molecule has 5 heteroatoms. The van der Waals surface area contributed by atoms with Crippen LogP contribution in [0.5, 0.6) is 11.5 Å². The first kappa shape index (κ1) is 19.8. The molecule has 0 heterocycles. The van der Waals surface area contributed by atoms with Gasteiger partial charge in [0, 0.05) is 5.56 Å². The molecule has 0 amide bonds. The van der Waals surface area contributed by atoms with E-state index in [0.717, 1.165) is 6.42 Å². The van der Waals surface area contributed by atoms with E-state index in [1.165, 1.54) is 6.07 Å². The van der Waals surface area contributed by atoms with Crippen molar-refractivity contribution < 1.29 is 13.9 Å². The highest BCUT2D eigenvalue weighted by Gasteiger charge is 2.15. The smallest absolute Gasteiger partial charge is 0.180 e. The van der Waals surface area contributed by atoms with Gasteiger partial charge in [0.05, 0.1) is 29.4 Å². The molecule has 3 nitrogen and oxygen atoms in total. The second-order valence-corrected chi connectivity index (χ2v) is 6.16. The van der Waals surface area contributed by atoms with Crippen LogP contribution in [0.1, 0.15) is 38.3 Å². The van der Waals surface area contributed by atoms with Gasteiger partial charge in [-0.05, 0) is 50.1 Å². The summed E-state index contributed by atoms with van der Waals surface area (Å²) in [6.07, 6.45) is 2.40. The predicted octanol–water partition coefficient (Wildman–Crippen LogP) is 6.12. The Bertz CT molecular complexity index is 842. The average molecular weight is 374 g/mol. The molecule has 1 atom stereocenters. The van der Waals surface area contributed by atoms with Crippen molar-refractivity contribution in [2.75, 3.05) is 6.61 Å². The lowest BCUT2D eigenvalue weighted by molar-refractivity contribution is 0.203. The van der Waals surface area contributed by atoms with Crippen molar-refractivity contribution >= 4 is 23.3 Å². The molecule has 2 aromatic rings. The van der Waals surface area contributed by atoms with Crippen molar-refractivity contribution in [3.8, 4) is 17.6 Å². The summed E-state index contributed by atoms with van der Waals surface area (Å²) in [5.41, 5.74) is 1.08. The molecule has 0 N–H and O–H groups in total. The van der Waals surface area contributed by atoms with Crippen LogP contribution in [-0.2, 0) is 0 Å². The van der Waals surface area contributed by atoms with E-state index in [4.69, 9.17) is 21.1 Å². The summed E-state index contributed by atoms with van der Waals surface area (Å²) in [5, 5.41) is 9.82. The minimum Gasteiger partial charge on any atom is -0.490 e. The molecule has 0 aliphatic carbocycles. The summed E-state index contributed by atoms with van der Waals surface area (Å²) >= 11 is 6.38. The zero-order valence-corrected chi connectivity index (χ0v) is 15.8. The topological polar surface area (TPSA) is 42.2 Å². The summed E-state index contributed by atoms with van der Waals surface area (Å²) in [5.74, 6) is 0.523. The Morgan fingerprint density at radius 3 is 2.65 bits per heavy atom. The number of hydrogen-bond acceptors (Lipinski definition) is 3. The van der Waals surface area contributed by atoms with E-state index in [1.54, 1.807) is 36.4 Å². The van der Waals surface area contributed by atoms with Crippen molar-refractivity contribution in [3.05, 3.63) is 58.4 Å². The van der Waals surface area contributed by atoms with Crippen LogP contribution in [-0.4, -0.2) is 12.7 Å². The molecule has 26 heavy (non-hydrogen) atoms. The molecule has 136 valence electrons. The largest absolute Gasteiger partial charge is 0.490 e. The Kier molecular flexibility index (Phi) is 7.06. The zero-order valence-electron chi connectivity index (χ0n) is 15.1. The number of hydrogen-bond donors (Lipinski definition) is 0. The fraction of sp³-hybridized carbons (Fsp3) is 0.286. The first-order chi connectivity index (χ1) is 12.5. The number of halogens is 2. The van der Waals surface area contributed by atoms with Crippen molar-refractivity contribution in [1.29, 1.82) is 5.26 Å². The van der Waals surface area contributed by atoms with Crippen LogP contribution in [0.2, 0.25) is 5.02 Å². The second-order valence-electron chi connectivity index (χ2n) is 5.75. The van der Waals surface area contributed by atoms with Gasteiger partial charge in [0.1, 0.15) is 5.82 Å². The van der Waals surface area contributed by atoms with Crippen LogP contribution >= 0.6 is 11.6 Å². The highest BCUT2D eigenvalue weighted by atomic mass is 35.5. The van der Waals surface area contributed by atoms with Gasteiger partial charge in [0.15, 0.2) is 11.5 Å². The SMILES string of the molecule is CCOc1cc(/C=C(/C#N)c2ccccc2F)cc(Cl)c1O[C@H](C)CC. The molecule has 0 aliphatic heterocycles. The number of nitriles is 1. The Labute approximate surface area is 158 Å². The Morgan fingerprint density at radius 2 is 2.04 bits per heavy atom. The highest BCUT2D eigenvalue weighted by molar-refractivity contribution is 6.32. The molecule has 0 aliphatic rings. The molecule has 0 radical (unpaired) electrons. The molecule has 2 rings (SSSR count). The van der Waals surface area contributed by atoms with Gasteiger partial charge >= 0.3 is 0 Å². The molecule has 0 saturated carbocycles. The highest BCUT2D eigenvalue weighted by Crippen LogP contribution is 2.38. The molecule has 0 spiro atoms. The molecule has 0 unspecified atom stereocenters. The van der Waals surface area contributed by atoms with Crippen LogP contribution in [0, 0.1) is 17.1 Å².